The predicted octanol–water partition coefficient (Wildman–Crippen LogP) is 5.39. The van der Waals surface area contributed by atoms with E-state index in [9.17, 15) is 14.7 Å². The second kappa shape index (κ2) is 9.53. The van der Waals surface area contributed by atoms with Crippen LogP contribution in [-0.4, -0.2) is 41.0 Å². The smallest absolute Gasteiger partial charge is 0.341 e. The molecule has 7 nitrogen and oxygen atoms in total. The van der Waals surface area contributed by atoms with Gasteiger partial charge in [-0.15, -0.1) is 0 Å². The van der Waals surface area contributed by atoms with Crippen LogP contribution in [0.1, 0.15) is 99.3 Å². The maximum atomic E-state index is 12.6. The van der Waals surface area contributed by atoms with Crippen LogP contribution in [-0.2, 0) is 4.74 Å². The van der Waals surface area contributed by atoms with Crippen LogP contribution >= 0.6 is 0 Å². The van der Waals surface area contributed by atoms with E-state index >= 15 is 0 Å². The van der Waals surface area contributed by atoms with E-state index in [2.05, 4.69) is 19.9 Å². The summed E-state index contributed by atoms with van der Waals surface area (Å²) in [5.74, 6) is 0.256. The topological polar surface area (TPSA) is 90.7 Å². The molecular weight excluding hydrogens is 432 g/mol. The van der Waals surface area contributed by atoms with Crippen LogP contribution in [0, 0.1) is 5.41 Å². The van der Waals surface area contributed by atoms with Gasteiger partial charge < -0.3 is 19.1 Å². The Bertz CT molecular complexity index is 1130. The third-order valence-corrected chi connectivity index (χ3v) is 7.29. The Balaban J connectivity index is 0.00000133. The Hall–Kier alpha value is -2.67. The molecule has 2 atom stereocenters. The van der Waals surface area contributed by atoms with Crippen molar-refractivity contribution < 1.29 is 19.4 Å². The number of rotatable bonds is 7. The second-order valence-electron chi connectivity index (χ2n) is 10.0. The summed E-state index contributed by atoms with van der Waals surface area (Å²) in [5, 5.41) is 9.56. The van der Waals surface area contributed by atoms with Crippen molar-refractivity contribution in [3.05, 3.63) is 45.4 Å². The van der Waals surface area contributed by atoms with E-state index in [4.69, 9.17) is 14.5 Å². The van der Waals surface area contributed by atoms with Gasteiger partial charge in [0.1, 0.15) is 11.3 Å². The average molecular weight is 469 g/mol. The third-order valence-electron chi connectivity index (χ3n) is 7.29. The zero-order valence-corrected chi connectivity index (χ0v) is 20.9. The number of nitrogens with zero attached hydrogens (tertiary/aromatic N) is 2. The zero-order valence-electron chi connectivity index (χ0n) is 20.9. The van der Waals surface area contributed by atoms with Crippen LogP contribution in [0.4, 0.5) is 0 Å². The molecule has 0 amide bonds. The maximum Gasteiger partial charge on any atom is 0.341 e. The van der Waals surface area contributed by atoms with E-state index in [0.29, 0.717) is 19.1 Å². The minimum atomic E-state index is -1.19. The van der Waals surface area contributed by atoms with Crippen molar-refractivity contribution in [3.8, 4) is 17.1 Å². The number of hydrogen-bond acceptors (Lipinski definition) is 5. The van der Waals surface area contributed by atoms with Crippen LogP contribution in [0.2, 0.25) is 0 Å². The molecule has 0 spiro atoms. The van der Waals surface area contributed by atoms with Crippen LogP contribution in [0.5, 0.6) is 5.75 Å². The molecule has 0 radical (unpaired) electrons. The number of methoxy groups -OCH3 is 1. The summed E-state index contributed by atoms with van der Waals surface area (Å²) >= 11 is 0. The molecule has 3 heterocycles. The highest BCUT2D eigenvalue weighted by Crippen LogP contribution is 2.59. The molecule has 184 valence electrons. The van der Waals surface area contributed by atoms with Gasteiger partial charge in [-0.3, -0.25) is 4.79 Å². The number of ether oxygens (including phenoxy) is 2. The minimum absolute atomic E-state index is 0.0312. The highest BCUT2D eigenvalue weighted by molar-refractivity contribution is 5.87. The first-order valence-corrected chi connectivity index (χ1v) is 12.5. The number of carboxylic acid groups (broad SMARTS) is 1. The van der Waals surface area contributed by atoms with Crippen molar-refractivity contribution >= 4 is 5.97 Å². The monoisotopic (exact) mass is 468 g/mol. The molecule has 34 heavy (non-hydrogen) atoms. The minimum Gasteiger partial charge on any atom is -0.492 e. The first-order valence-electron chi connectivity index (χ1n) is 12.5. The standard InChI is InChI=1S/C25H30N2O5.C2H6/c1-25(2)8-7-15-16-11-20(32-10-4-9-31-3)21(14-5-6-14)26-22(16)18-12-19(28)17(24(29)30)13-27(18)23(15)25;1-2/h11-15,23H,4-10H2,1-3H3,(H,29,30);1-2H3. The first kappa shape index (κ1) is 24.5. The summed E-state index contributed by atoms with van der Waals surface area (Å²) in [4.78, 5) is 29.4. The number of hydrogen-bond donors (Lipinski definition) is 1. The van der Waals surface area contributed by atoms with Crippen LogP contribution in [0.3, 0.4) is 0 Å². The average Bonchev–Trinajstić information content (AvgIpc) is 3.61. The molecule has 3 aliphatic rings. The molecule has 2 aliphatic carbocycles. The van der Waals surface area contributed by atoms with E-state index in [1.165, 1.54) is 6.07 Å². The van der Waals surface area contributed by atoms with Crippen LogP contribution in [0.15, 0.2) is 23.1 Å². The lowest BCUT2D eigenvalue weighted by atomic mass is 9.78. The van der Waals surface area contributed by atoms with Gasteiger partial charge in [0.25, 0.3) is 0 Å². The largest absolute Gasteiger partial charge is 0.492 e. The fourth-order valence-corrected chi connectivity index (χ4v) is 5.57. The summed E-state index contributed by atoms with van der Waals surface area (Å²) in [7, 11) is 1.69. The Labute approximate surface area is 201 Å². The number of carbonyl (C=O) groups is 1. The van der Waals surface area contributed by atoms with Crippen LogP contribution < -0.4 is 10.2 Å². The molecule has 2 aromatic heterocycles. The van der Waals surface area contributed by atoms with Gasteiger partial charge in [-0.2, -0.15) is 0 Å². The Morgan fingerprint density at radius 3 is 2.59 bits per heavy atom. The number of aromatic carboxylic acids is 1. The Morgan fingerprint density at radius 1 is 1.21 bits per heavy atom. The molecule has 2 saturated carbocycles. The molecule has 7 heteroatoms. The lowest BCUT2D eigenvalue weighted by Gasteiger charge is -2.39. The van der Waals surface area contributed by atoms with Crippen molar-refractivity contribution in [1.29, 1.82) is 0 Å². The summed E-state index contributed by atoms with van der Waals surface area (Å²) in [5.41, 5.74) is 2.92. The molecule has 2 aromatic rings. The van der Waals surface area contributed by atoms with Crippen molar-refractivity contribution in [2.75, 3.05) is 20.3 Å². The fraction of sp³-hybridized carbons (Fsp3) is 0.593. The molecule has 2 unspecified atom stereocenters. The number of aromatic nitrogens is 2. The molecule has 0 bridgehead atoms. The molecule has 0 saturated heterocycles. The second-order valence-corrected chi connectivity index (χ2v) is 10.0. The quantitative estimate of drug-likeness (QED) is 0.548. The highest BCUT2D eigenvalue weighted by Gasteiger charge is 2.48. The Morgan fingerprint density at radius 2 is 1.94 bits per heavy atom. The summed E-state index contributed by atoms with van der Waals surface area (Å²) in [6.45, 7) is 9.67. The molecule has 1 N–H and O–H groups in total. The van der Waals surface area contributed by atoms with Gasteiger partial charge in [0.05, 0.1) is 23.7 Å². The molecule has 5 rings (SSSR count). The summed E-state index contributed by atoms with van der Waals surface area (Å²) in [6, 6.07) is 3.69. The Kier molecular flexibility index (Phi) is 6.85. The number of carboxylic acids is 1. The van der Waals surface area contributed by atoms with Crippen molar-refractivity contribution in [1.82, 2.24) is 9.55 Å². The normalized spacial score (nSPS) is 21.6. The summed E-state index contributed by atoms with van der Waals surface area (Å²) < 4.78 is 13.3. The van der Waals surface area contributed by atoms with Crippen molar-refractivity contribution in [2.45, 2.75) is 77.7 Å². The SMILES string of the molecule is CC.COCCCOc1cc2c(nc1C1CC1)-c1cc(=O)c(C(=O)O)cn1C1C2CCC1(C)C. The van der Waals surface area contributed by atoms with E-state index in [0.717, 1.165) is 60.5 Å². The van der Waals surface area contributed by atoms with Crippen molar-refractivity contribution in [2.24, 2.45) is 5.41 Å². The van der Waals surface area contributed by atoms with Crippen LogP contribution in [0.25, 0.3) is 11.4 Å². The summed E-state index contributed by atoms with van der Waals surface area (Å²) in [6.07, 6.45) is 6.54. The van der Waals surface area contributed by atoms with E-state index in [1.54, 1.807) is 13.3 Å². The van der Waals surface area contributed by atoms with Gasteiger partial charge >= 0.3 is 5.97 Å². The number of fused-ring (bicyclic) bond motifs is 6. The maximum absolute atomic E-state index is 12.6. The lowest BCUT2D eigenvalue weighted by Crippen LogP contribution is -2.32. The van der Waals surface area contributed by atoms with Gasteiger partial charge in [0.15, 0.2) is 5.43 Å². The van der Waals surface area contributed by atoms with Gasteiger partial charge in [-0.05, 0) is 42.7 Å². The first-order chi connectivity index (χ1) is 16.3. The van der Waals surface area contributed by atoms with E-state index in [-0.39, 0.29) is 22.9 Å². The highest BCUT2D eigenvalue weighted by atomic mass is 16.5. The van der Waals surface area contributed by atoms with Gasteiger partial charge in [0.2, 0.25) is 0 Å². The van der Waals surface area contributed by atoms with Gasteiger partial charge in [-0.1, -0.05) is 27.7 Å². The zero-order chi connectivity index (χ0) is 24.6. The van der Waals surface area contributed by atoms with Crippen molar-refractivity contribution in [3.63, 3.8) is 0 Å². The third kappa shape index (κ3) is 4.26. The van der Waals surface area contributed by atoms with Gasteiger partial charge in [-0.25, -0.2) is 9.78 Å². The molecular formula is C27H36N2O5. The van der Waals surface area contributed by atoms with E-state index in [1.807, 2.05) is 18.4 Å². The molecule has 0 aromatic carbocycles. The number of pyridine rings is 2. The van der Waals surface area contributed by atoms with E-state index < -0.39 is 11.4 Å². The fourth-order valence-electron chi connectivity index (χ4n) is 5.57. The van der Waals surface area contributed by atoms with Gasteiger partial charge in [0, 0.05) is 50.3 Å². The lowest BCUT2D eigenvalue weighted by molar-refractivity contribution is 0.0693. The molecule has 2 fully saturated rings. The predicted molar refractivity (Wildman–Crippen MR) is 131 cm³/mol. The molecule has 1 aliphatic heterocycles.